The van der Waals surface area contributed by atoms with Gasteiger partial charge in [0.25, 0.3) is 5.91 Å². The van der Waals surface area contributed by atoms with E-state index in [1.54, 1.807) is 11.0 Å². The van der Waals surface area contributed by atoms with E-state index < -0.39 is 0 Å². The Kier molecular flexibility index (Phi) is 6.82. The Bertz CT molecular complexity index is 824. The highest BCUT2D eigenvalue weighted by atomic mass is 16.2. The van der Waals surface area contributed by atoms with Gasteiger partial charge in [-0.3, -0.25) is 9.59 Å². The lowest BCUT2D eigenvalue weighted by Crippen LogP contribution is -3.08. The Balaban J connectivity index is 1.41. The summed E-state index contributed by atoms with van der Waals surface area (Å²) in [5.41, 5.74) is 5.18. The van der Waals surface area contributed by atoms with Crippen LogP contribution in [0.4, 0.5) is 0 Å². The van der Waals surface area contributed by atoms with Crippen LogP contribution in [0.1, 0.15) is 45.5 Å². The second kappa shape index (κ2) is 9.51. The average Bonchev–Trinajstić information content (AvgIpc) is 3.20. The van der Waals surface area contributed by atoms with Crippen LogP contribution in [0.25, 0.3) is 0 Å². The molecule has 0 aliphatic carbocycles. The minimum absolute atomic E-state index is 0.0256. The molecule has 3 rings (SSSR count). The van der Waals surface area contributed by atoms with Crippen LogP contribution < -0.4 is 15.5 Å². The molecule has 0 aromatic heterocycles. The second-order valence-corrected chi connectivity index (χ2v) is 7.71. The highest BCUT2D eigenvalue weighted by molar-refractivity contribution is 5.96. The zero-order valence-corrected chi connectivity index (χ0v) is 16.8. The number of likely N-dealkylation sites (tertiary alicyclic amines) is 1. The predicted molar refractivity (Wildman–Crippen MR) is 110 cm³/mol. The quantitative estimate of drug-likeness (QED) is 0.682. The van der Waals surface area contributed by atoms with Gasteiger partial charge in [-0.2, -0.15) is 0 Å². The Morgan fingerprint density at radius 1 is 0.893 bits per heavy atom. The molecule has 1 heterocycles. The van der Waals surface area contributed by atoms with Gasteiger partial charge >= 0.3 is 0 Å². The summed E-state index contributed by atoms with van der Waals surface area (Å²) in [5, 5.41) is 5.54. The number of hydrogen-bond donors (Lipinski definition) is 3. The first-order valence-corrected chi connectivity index (χ1v) is 10.0. The normalized spacial score (nSPS) is 14.1. The van der Waals surface area contributed by atoms with Gasteiger partial charge in [-0.1, -0.05) is 30.3 Å². The molecule has 1 aliphatic rings. The molecule has 0 saturated carbocycles. The van der Waals surface area contributed by atoms with Crippen molar-refractivity contribution < 1.29 is 14.5 Å². The number of carbonyl (C=O) groups excluding carboxylic acids is 2. The lowest BCUT2D eigenvalue weighted by atomic mass is 10.1. The third-order valence-corrected chi connectivity index (χ3v) is 5.46. The molecule has 5 heteroatoms. The molecule has 0 unspecified atom stereocenters. The lowest BCUT2D eigenvalue weighted by Gasteiger charge is -2.12. The summed E-state index contributed by atoms with van der Waals surface area (Å²) in [7, 11) is 0. The van der Waals surface area contributed by atoms with E-state index in [1.165, 1.54) is 31.5 Å². The minimum atomic E-state index is -0.230. The molecule has 5 nitrogen and oxygen atoms in total. The number of nitrogens with one attached hydrogen (secondary N) is 3. The highest BCUT2D eigenvalue weighted by Crippen LogP contribution is 2.09. The molecule has 2 aromatic rings. The van der Waals surface area contributed by atoms with E-state index in [0.29, 0.717) is 12.1 Å². The molecule has 1 fully saturated rings. The first-order chi connectivity index (χ1) is 13.5. The highest BCUT2D eigenvalue weighted by Gasteiger charge is 2.15. The standard InChI is InChI=1S/C23H29N3O2/c1-17-5-10-21(13-18(17)2)23(28)25-15-22(27)24-14-19-6-8-20(9-7-19)16-26-11-3-4-12-26/h5-10,13H,3-4,11-12,14-16H2,1-2H3,(H,24,27)(H,25,28)/p+1. The summed E-state index contributed by atoms with van der Waals surface area (Å²) in [5.74, 6) is -0.421. The van der Waals surface area contributed by atoms with Crippen LogP contribution in [0, 0.1) is 13.8 Å². The van der Waals surface area contributed by atoms with E-state index >= 15 is 0 Å². The number of benzene rings is 2. The van der Waals surface area contributed by atoms with Crippen molar-refractivity contribution in [2.24, 2.45) is 0 Å². The topological polar surface area (TPSA) is 62.6 Å². The van der Waals surface area contributed by atoms with Gasteiger partial charge in [0.2, 0.25) is 5.91 Å². The van der Waals surface area contributed by atoms with Crippen molar-refractivity contribution in [2.45, 2.75) is 39.8 Å². The molecular weight excluding hydrogens is 350 g/mol. The fraction of sp³-hybridized carbons (Fsp3) is 0.391. The number of quaternary nitrogens is 1. The number of carbonyl (C=O) groups is 2. The van der Waals surface area contributed by atoms with E-state index in [9.17, 15) is 9.59 Å². The summed E-state index contributed by atoms with van der Waals surface area (Å²) >= 11 is 0. The van der Waals surface area contributed by atoms with Crippen LogP contribution in [0.2, 0.25) is 0 Å². The third-order valence-electron chi connectivity index (χ3n) is 5.46. The Hall–Kier alpha value is -2.66. The average molecular weight is 381 g/mol. The van der Waals surface area contributed by atoms with E-state index in [4.69, 9.17) is 0 Å². The molecule has 28 heavy (non-hydrogen) atoms. The summed E-state index contributed by atoms with van der Waals surface area (Å²) in [6, 6.07) is 14.0. The van der Waals surface area contributed by atoms with Gasteiger partial charge in [0.1, 0.15) is 6.54 Å². The van der Waals surface area contributed by atoms with Gasteiger partial charge < -0.3 is 15.5 Å². The van der Waals surface area contributed by atoms with Crippen molar-refractivity contribution in [1.82, 2.24) is 10.6 Å². The van der Waals surface area contributed by atoms with Crippen molar-refractivity contribution in [3.05, 3.63) is 70.3 Å². The minimum Gasteiger partial charge on any atom is -0.350 e. The molecule has 0 radical (unpaired) electrons. The molecule has 2 amide bonds. The van der Waals surface area contributed by atoms with E-state index in [-0.39, 0.29) is 18.4 Å². The summed E-state index contributed by atoms with van der Waals surface area (Å²) < 4.78 is 0. The van der Waals surface area contributed by atoms with Crippen molar-refractivity contribution in [1.29, 1.82) is 0 Å². The van der Waals surface area contributed by atoms with Crippen molar-refractivity contribution >= 4 is 11.8 Å². The van der Waals surface area contributed by atoms with Crippen molar-refractivity contribution in [3.8, 4) is 0 Å². The summed E-state index contributed by atoms with van der Waals surface area (Å²) in [4.78, 5) is 25.9. The molecule has 1 saturated heterocycles. The first-order valence-electron chi connectivity index (χ1n) is 10.0. The van der Waals surface area contributed by atoms with E-state index in [2.05, 4.69) is 34.9 Å². The molecule has 1 aliphatic heterocycles. The van der Waals surface area contributed by atoms with Gasteiger partial charge in [-0.25, -0.2) is 0 Å². The summed E-state index contributed by atoms with van der Waals surface area (Å²) in [6.07, 6.45) is 2.67. The van der Waals surface area contributed by atoms with Gasteiger partial charge in [0, 0.05) is 30.5 Å². The molecule has 0 bridgehead atoms. The van der Waals surface area contributed by atoms with Crippen LogP contribution >= 0.6 is 0 Å². The first kappa shape index (κ1) is 20.1. The third kappa shape index (κ3) is 5.67. The predicted octanol–water partition coefficient (Wildman–Crippen LogP) is 1.53. The molecular formula is C23H30N3O2+. The zero-order chi connectivity index (χ0) is 19.9. The van der Waals surface area contributed by atoms with Crippen LogP contribution in [0.3, 0.4) is 0 Å². The van der Waals surface area contributed by atoms with Gasteiger partial charge in [0.15, 0.2) is 0 Å². The number of aryl methyl sites for hydroxylation is 2. The van der Waals surface area contributed by atoms with Gasteiger partial charge in [0.05, 0.1) is 19.6 Å². The van der Waals surface area contributed by atoms with Crippen LogP contribution in [-0.2, 0) is 17.9 Å². The fourth-order valence-electron chi connectivity index (χ4n) is 3.52. The maximum Gasteiger partial charge on any atom is 0.251 e. The second-order valence-electron chi connectivity index (χ2n) is 7.71. The number of rotatable bonds is 7. The summed E-state index contributed by atoms with van der Waals surface area (Å²) in [6.45, 7) is 8.03. The van der Waals surface area contributed by atoms with E-state index in [1.807, 2.05) is 26.0 Å². The molecule has 148 valence electrons. The number of hydrogen-bond acceptors (Lipinski definition) is 2. The molecule has 3 N–H and O–H groups in total. The van der Waals surface area contributed by atoms with Gasteiger partial charge in [-0.05, 0) is 42.7 Å². The lowest BCUT2D eigenvalue weighted by molar-refractivity contribution is -0.901. The van der Waals surface area contributed by atoms with Crippen LogP contribution in [0.15, 0.2) is 42.5 Å². The SMILES string of the molecule is Cc1ccc(C(=O)NCC(=O)NCc2ccc(C[NH+]3CCCC3)cc2)cc1C. The molecule has 0 atom stereocenters. The van der Waals surface area contributed by atoms with Crippen LogP contribution in [0.5, 0.6) is 0 Å². The smallest absolute Gasteiger partial charge is 0.251 e. The molecule has 0 spiro atoms. The zero-order valence-electron chi connectivity index (χ0n) is 16.8. The fourth-order valence-corrected chi connectivity index (χ4v) is 3.52. The Morgan fingerprint density at radius 2 is 1.57 bits per heavy atom. The maximum atomic E-state index is 12.2. The Morgan fingerprint density at radius 3 is 2.25 bits per heavy atom. The van der Waals surface area contributed by atoms with Crippen molar-refractivity contribution in [2.75, 3.05) is 19.6 Å². The maximum absolute atomic E-state index is 12.2. The van der Waals surface area contributed by atoms with E-state index in [0.717, 1.165) is 23.2 Å². The van der Waals surface area contributed by atoms with Crippen molar-refractivity contribution in [3.63, 3.8) is 0 Å². The van der Waals surface area contributed by atoms with Crippen LogP contribution in [-0.4, -0.2) is 31.4 Å². The van der Waals surface area contributed by atoms with Gasteiger partial charge in [-0.15, -0.1) is 0 Å². The molecule has 2 aromatic carbocycles. The monoisotopic (exact) mass is 380 g/mol. The Labute approximate surface area is 167 Å². The number of amides is 2. The largest absolute Gasteiger partial charge is 0.350 e.